The van der Waals surface area contributed by atoms with E-state index in [4.69, 9.17) is 9.47 Å². The number of nitrogens with zero attached hydrogens (tertiary/aromatic N) is 2. The Kier molecular flexibility index (Phi) is 7.50. The Labute approximate surface area is 215 Å². The molecule has 2 atom stereocenters. The smallest absolute Gasteiger partial charge is 0.262 e. The number of hydrogen-bond acceptors (Lipinski definition) is 7. The molecule has 5 rings (SSSR count). The summed E-state index contributed by atoms with van der Waals surface area (Å²) < 4.78 is 50.7. The van der Waals surface area contributed by atoms with Crippen LogP contribution in [0.4, 0.5) is 10.1 Å². The first-order chi connectivity index (χ1) is 17.8. The molecule has 2 aliphatic rings. The highest BCUT2D eigenvalue weighted by molar-refractivity contribution is 7.90. The fraction of sp³-hybridized carbons (Fsp3) is 0.444. The third kappa shape index (κ3) is 6.14. The van der Waals surface area contributed by atoms with Gasteiger partial charge < -0.3 is 19.7 Å². The number of hydrogen-bond donors (Lipinski definition) is 1. The molecule has 37 heavy (non-hydrogen) atoms. The molecule has 0 aliphatic carbocycles. The van der Waals surface area contributed by atoms with E-state index < -0.39 is 15.7 Å². The monoisotopic (exact) mass is 529 g/mol. The van der Waals surface area contributed by atoms with E-state index in [2.05, 4.69) is 5.32 Å². The summed E-state index contributed by atoms with van der Waals surface area (Å²) in [5.41, 5.74) is 0.693. The van der Waals surface area contributed by atoms with Gasteiger partial charge >= 0.3 is 0 Å². The van der Waals surface area contributed by atoms with Gasteiger partial charge in [0, 0.05) is 56.2 Å². The molecule has 0 saturated carbocycles. The van der Waals surface area contributed by atoms with Crippen LogP contribution >= 0.6 is 0 Å². The minimum absolute atomic E-state index is 0.0802. The Balaban J connectivity index is 1.27. The van der Waals surface area contributed by atoms with Gasteiger partial charge in [0.2, 0.25) is 0 Å². The Morgan fingerprint density at radius 3 is 2.78 bits per heavy atom. The van der Waals surface area contributed by atoms with Crippen LogP contribution < -0.4 is 20.5 Å². The number of ether oxygens (including phenoxy) is 2. The fourth-order valence-electron chi connectivity index (χ4n) is 4.98. The summed E-state index contributed by atoms with van der Waals surface area (Å²) in [4.78, 5) is 15.1. The van der Waals surface area contributed by atoms with Gasteiger partial charge in [-0.3, -0.25) is 9.36 Å². The molecular formula is C27H32FN3O5S. The average Bonchev–Trinajstić information content (AvgIpc) is 3.55. The number of aromatic nitrogens is 1. The zero-order valence-electron chi connectivity index (χ0n) is 20.9. The fourth-order valence-corrected chi connectivity index (χ4v) is 5.47. The second-order valence-corrected chi connectivity index (χ2v) is 12.1. The van der Waals surface area contributed by atoms with Crippen molar-refractivity contribution >= 4 is 26.3 Å². The Morgan fingerprint density at radius 2 is 2.03 bits per heavy atom. The van der Waals surface area contributed by atoms with Crippen LogP contribution in [0.25, 0.3) is 16.5 Å². The van der Waals surface area contributed by atoms with E-state index in [0.717, 1.165) is 31.3 Å². The number of benzene rings is 2. The SMILES string of the molecule is CS(=O)(=O)CCNC1CCN(c2ccc(-n3ccc4cc(OC[C@H]5CCCO5)ccc4c3=O)cc2F)C1. The second kappa shape index (κ2) is 10.8. The van der Waals surface area contributed by atoms with E-state index in [1.807, 2.05) is 17.0 Å². The summed E-state index contributed by atoms with van der Waals surface area (Å²) in [5, 5.41) is 4.53. The second-order valence-electron chi connectivity index (χ2n) is 9.84. The highest BCUT2D eigenvalue weighted by atomic mass is 32.2. The maximum absolute atomic E-state index is 15.2. The van der Waals surface area contributed by atoms with Crippen molar-refractivity contribution < 1.29 is 22.3 Å². The zero-order chi connectivity index (χ0) is 26.0. The summed E-state index contributed by atoms with van der Waals surface area (Å²) in [5.74, 6) is 0.362. The molecule has 2 aromatic carbocycles. The molecule has 2 fully saturated rings. The van der Waals surface area contributed by atoms with Gasteiger partial charge in [-0.1, -0.05) is 0 Å². The predicted octanol–water partition coefficient (Wildman–Crippen LogP) is 2.90. The molecule has 3 aromatic rings. The molecule has 8 nitrogen and oxygen atoms in total. The van der Waals surface area contributed by atoms with E-state index in [9.17, 15) is 13.2 Å². The highest BCUT2D eigenvalue weighted by Gasteiger charge is 2.25. The number of sulfone groups is 1. The van der Waals surface area contributed by atoms with Crippen LogP contribution in [0.15, 0.2) is 53.5 Å². The van der Waals surface area contributed by atoms with Crippen LogP contribution in [0.2, 0.25) is 0 Å². The van der Waals surface area contributed by atoms with E-state index in [0.29, 0.717) is 48.8 Å². The molecule has 198 valence electrons. The lowest BCUT2D eigenvalue weighted by Crippen LogP contribution is -2.35. The Bertz CT molecular complexity index is 1440. The number of nitrogens with one attached hydrogen (secondary N) is 1. The lowest BCUT2D eigenvalue weighted by atomic mass is 10.1. The van der Waals surface area contributed by atoms with Gasteiger partial charge in [-0.2, -0.15) is 0 Å². The third-order valence-corrected chi connectivity index (χ3v) is 7.93. The summed E-state index contributed by atoms with van der Waals surface area (Å²) in [6.45, 7) is 2.90. The molecule has 1 N–H and O–H groups in total. The molecule has 2 saturated heterocycles. The van der Waals surface area contributed by atoms with Crippen molar-refractivity contribution in [1.82, 2.24) is 9.88 Å². The van der Waals surface area contributed by atoms with Crippen molar-refractivity contribution in [3.63, 3.8) is 0 Å². The van der Waals surface area contributed by atoms with E-state index in [1.54, 1.807) is 30.5 Å². The van der Waals surface area contributed by atoms with Crippen molar-refractivity contribution in [1.29, 1.82) is 0 Å². The Morgan fingerprint density at radius 1 is 1.16 bits per heavy atom. The van der Waals surface area contributed by atoms with E-state index in [-0.39, 0.29) is 23.5 Å². The molecular weight excluding hydrogens is 497 g/mol. The molecule has 3 heterocycles. The van der Waals surface area contributed by atoms with Gasteiger partial charge in [0.25, 0.3) is 5.56 Å². The first-order valence-electron chi connectivity index (χ1n) is 12.6. The number of anilines is 1. The number of pyridine rings is 1. The first kappa shape index (κ1) is 25.7. The topological polar surface area (TPSA) is 89.9 Å². The standard InChI is InChI=1S/C27H32FN3O5S/c1-37(33,34)14-10-29-20-9-11-30(17-20)26-7-4-21(16-25(26)28)31-12-8-19-15-22(5-6-24(19)27(31)32)36-18-23-3-2-13-35-23/h4-8,12,15-16,20,23,29H,2-3,9-11,13-14,17-18H2,1H3/t20?,23-/m1/s1. The minimum atomic E-state index is -3.02. The quantitative estimate of drug-likeness (QED) is 0.456. The summed E-state index contributed by atoms with van der Waals surface area (Å²) in [7, 11) is -3.02. The third-order valence-electron chi connectivity index (χ3n) is 6.98. The molecule has 2 aliphatic heterocycles. The maximum atomic E-state index is 15.2. The molecule has 0 radical (unpaired) electrons. The van der Waals surface area contributed by atoms with E-state index >= 15 is 4.39 Å². The summed E-state index contributed by atoms with van der Waals surface area (Å²) in [6, 6.07) is 12.1. The van der Waals surface area contributed by atoms with Gasteiger partial charge in [0.1, 0.15) is 28.0 Å². The normalized spacial score (nSPS) is 20.1. The van der Waals surface area contributed by atoms with Crippen LogP contribution in [-0.4, -0.2) is 70.0 Å². The van der Waals surface area contributed by atoms with Crippen molar-refractivity contribution in [2.75, 3.05) is 49.8 Å². The van der Waals surface area contributed by atoms with Crippen LogP contribution in [-0.2, 0) is 14.6 Å². The van der Waals surface area contributed by atoms with Gasteiger partial charge in [0.05, 0.1) is 23.2 Å². The molecule has 10 heteroatoms. The van der Waals surface area contributed by atoms with Crippen LogP contribution in [0.3, 0.4) is 0 Å². The number of halogens is 1. The first-order valence-corrected chi connectivity index (χ1v) is 14.7. The average molecular weight is 530 g/mol. The molecule has 0 amide bonds. The summed E-state index contributed by atoms with van der Waals surface area (Å²) >= 11 is 0. The lowest BCUT2D eigenvalue weighted by molar-refractivity contribution is 0.0680. The van der Waals surface area contributed by atoms with Gasteiger partial charge in [-0.25, -0.2) is 12.8 Å². The van der Waals surface area contributed by atoms with Crippen LogP contribution in [0, 0.1) is 5.82 Å². The zero-order valence-corrected chi connectivity index (χ0v) is 21.7. The number of fused-ring (bicyclic) bond motifs is 1. The lowest BCUT2D eigenvalue weighted by Gasteiger charge is -2.20. The predicted molar refractivity (Wildman–Crippen MR) is 142 cm³/mol. The van der Waals surface area contributed by atoms with Crippen LogP contribution in [0.5, 0.6) is 5.75 Å². The Hall–Kier alpha value is -2.95. The van der Waals surface area contributed by atoms with Gasteiger partial charge in [-0.15, -0.1) is 0 Å². The largest absolute Gasteiger partial charge is 0.491 e. The highest BCUT2D eigenvalue weighted by Crippen LogP contribution is 2.26. The molecule has 0 spiro atoms. The van der Waals surface area contributed by atoms with Crippen molar-refractivity contribution in [3.8, 4) is 11.4 Å². The van der Waals surface area contributed by atoms with Crippen molar-refractivity contribution in [3.05, 3.63) is 64.8 Å². The van der Waals surface area contributed by atoms with Gasteiger partial charge in [0.15, 0.2) is 0 Å². The summed E-state index contributed by atoms with van der Waals surface area (Å²) in [6.07, 6.45) is 5.83. The van der Waals surface area contributed by atoms with Gasteiger partial charge in [-0.05, 0) is 61.0 Å². The molecule has 0 bridgehead atoms. The molecule has 1 aromatic heterocycles. The van der Waals surface area contributed by atoms with Crippen molar-refractivity contribution in [2.24, 2.45) is 0 Å². The minimum Gasteiger partial charge on any atom is -0.491 e. The number of rotatable bonds is 9. The van der Waals surface area contributed by atoms with Crippen LogP contribution in [0.1, 0.15) is 19.3 Å². The molecule has 1 unspecified atom stereocenters. The maximum Gasteiger partial charge on any atom is 0.262 e. The van der Waals surface area contributed by atoms with Crippen molar-refractivity contribution in [2.45, 2.75) is 31.4 Å². The van der Waals surface area contributed by atoms with E-state index in [1.165, 1.54) is 16.9 Å².